The molecule has 0 amide bonds. The Morgan fingerprint density at radius 1 is 1.00 bits per heavy atom. The SMILES string of the molecule is CCCC(c1nc2cc(NC3CCC(N(C)C)CC3)cnc2n1C)N1CC(C)NC(C)C1.c1ccccc1. The van der Waals surface area contributed by atoms with Gasteiger partial charge in [0.15, 0.2) is 5.65 Å². The topological polar surface area (TPSA) is 61.3 Å². The number of imidazole rings is 1. The van der Waals surface area contributed by atoms with E-state index in [1.165, 1.54) is 25.7 Å². The van der Waals surface area contributed by atoms with Crippen molar-refractivity contribution < 1.29 is 0 Å². The molecule has 7 nitrogen and oxygen atoms in total. The number of hydrogen-bond acceptors (Lipinski definition) is 6. The van der Waals surface area contributed by atoms with Crippen molar-refractivity contribution in [3.8, 4) is 0 Å². The number of benzene rings is 1. The van der Waals surface area contributed by atoms with Crippen molar-refractivity contribution in [3.05, 3.63) is 54.5 Å². The molecule has 3 unspecified atom stereocenters. The number of piperazine rings is 1. The zero-order chi connectivity index (χ0) is 27.1. The van der Waals surface area contributed by atoms with Gasteiger partial charge in [0.05, 0.1) is 17.9 Å². The number of rotatable bonds is 7. The third kappa shape index (κ3) is 7.33. The van der Waals surface area contributed by atoms with Crippen LogP contribution in [0.1, 0.15) is 71.2 Å². The Hall–Kier alpha value is -2.48. The van der Waals surface area contributed by atoms with Gasteiger partial charge >= 0.3 is 0 Å². The predicted molar refractivity (Wildman–Crippen MR) is 160 cm³/mol. The molecule has 1 aliphatic carbocycles. The molecule has 3 heterocycles. The predicted octanol–water partition coefficient (Wildman–Crippen LogP) is 5.46. The van der Waals surface area contributed by atoms with Crippen LogP contribution in [0.2, 0.25) is 0 Å². The molecule has 1 saturated heterocycles. The Labute approximate surface area is 230 Å². The number of fused-ring (bicyclic) bond motifs is 1. The Bertz CT molecular complexity index is 1070. The lowest BCUT2D eigenvalue weighted by atomic mass is 9.90. The van der Waals surface area contributed by atoms with Crippen molar-refractivity contribution in [1.29, 1.82) is 0 Å². The van der Waals surface area contributed by atoms with E-state index in [1.54, 1.807) is 0 Å². The highest BCUT2D eigenvalue weighted by molar-refractivity contribution is 5.75. The normalized spacial score (nSPS) is 25.1. The summed E-state index contributed by atoms with van der Waals surface area (Å²) in [5.74, 6) is 1.15. The maximum absolute atomic E-state index is 5.14. The summed E-state index contributed by atoms with van der Waals surface area (Å²) in [5, 5.41) is 7.40. The fourth-order valence-electron chi connectivity index (χ4n) is 6.20. The highest BCUT2D eigenvalue weighted by Crippen LogP contribution is 2.30. The Morgan fingerprint density at radius 2 is 1.61 bits per heavy atom. The maximum Gasteiger partial charge on any atom is 0.159 e. The molecule has 0 radical (unpaired) electrons. The molecule has 3 atom stereocenters. The van der Waals surface area contributed by atoms with E-state index in [1.807, 2.05) is 42.6 Å². The minimum atomic E-state index is 0.337. The number of hydrogen-bond donors (Lipinski definition) is 2. The molecule has 0 spiro atoms. The van der Waals surface area contributed by atoms with E-state index in [4.69, 9.17) is 9.97 Å². The van der Waals surface area contributed by atoms with Gasteiger partial charge in [0.25, 0.3) is 0 Å². The van der Waals surface area contributed by atoms with Crippen LogP contribution < -0.4 is 10.6 Å². The van der Waals surface area contributed by atoms with Gasteiger partial charge < -0.3 is 20.1 Å². The minimum Gasteiger partial charge on any atom is -0.381 e. The van der Waals surface area contributed by atoms with E-state index in [0.29, 0.717) is 24.2 Å². The third-order valence-electron chi connectivity index (χ3n) is 8.09. The standard InChI is InChI=1S/C25H43N7.C6H6/c1-7-8-23(32-15-17(2)27-18(3)16-32)25-29-22-13-20(14-26-24(22)31(25)6)28-19-9-11-21(12-10-19)30(4)5;1-2-4-6-5-3-1/h13-14,17-19,21,23,27-28H,7-12,15-16H2,1-6H3;1-6H. The summed E-state index contributed by atoms with van der Waals surface area (Å²) >= 11 is 0. The first-order valence-corrected chi connectivity index (χ1v) is 14.6. The van der Waals surface area contributed by atoms with Crippen LogP contribution in [0.3, 0.4) is 0 Å². The second-order valence-electron chi connectivity index (χ2n) is 11.6. The fraction of sp³-hybridized carbons (Fsp3) is 0.613. The summed E-state index contributed by atoms with van der Waals surface area (Å²) < 4.78 is 2.22. The van der Waals surface area contributed by atoms with E-state index in [0.717, 1.165) is 54.6 Å². The molecule has 3 aromatic rings. The summed E-state index contributed by atoms with van der Waals surface area (Å²) in [5.41, 5.74) is 3.10. The second-order valence-corrected chi connectivity index (χ2v) is 11.6. The number of pyridine rings is 1. The van der Waals surface area contributed by atoms with E-state index >= 15 is 0 Å². The van der Waals surface area contributed by atoms with Crippen molar-refractivity contribution in [2.45, 2.75) is 89.5 Å². The number of anilines is 1. The van der Waals surface area contributed by atoms with E-state index in [2.05, 4.69) is 73.0 Å². The largest absolute Gasteiger partial charge is 0.381 e. The highest BCUT2D eigenvalue weighted by atomic mass is 15.3. The summed E-state index contributed by atoms with van der Waals surface area (Å²) in [7, 11) is 6.52. The molecule has 1 aromatic carbocycles. The second kappa shape index (κ2) is 13.5. The average molecular weight is 520 g/mol. The zero-order valence-corrected chi connectivity index (χ0v) is 24.4. The van der Waals surface area contributed by atoms with Gasteiger partial charge in [-0.1, -0.05) is 49.7 Å². The van der Waals surface area contributed by atoms with E-state index < -0.39 is 0 Å². The quantitative estimate of drug-likeness (QED) is 0.432. The molecule has 2 aromatic heterocycles. The molecule has 2 aliphatic rings. The van der Waals surface area contributed by atoms with Gasteiger partial charge in [0.1, 0.15) is 11.3 Å². The number of aryl methyl sites for hydroxylation is 1. The summed E-state index contributed by atoms with van der Waals surface area (Å²) in [6.45, 7) is 8.97. The van der Waals surface area contributed by atoms with Gasteiger partial charge in [-0.25, -0.2) is 9.97 Å². The molecule has 5 rings (SSSR count). The van der Waals surface area contributed by atoms with E-state index in [-0.39, 0.29) is 0 Å². The Kier molecular flexibility index (Phi) is 10.2. The Balaban J connectivity index is 0.000000494. The van der Waals surface area contributed by atoms with Crippen molar-refractivity contribution in [1.82, 2.24) is 29.7 Å². The highest BCUT2D eigenvalue weighted by Gasteiger charge is 2.30. The van der Waals surface area contributed by atoms with Crippen molar-refractivity contribution in [2.75, 3.05) is 32.5 Å². The molecule has 1 saturated carbocycles. The number of aromatic nitrogens is 3. The molecule has 2 N–H and O–H groups in total. The minimum absolute atomic E-state index is 0.337. The summed E-state index contributed by atoms with van der Waals surface area (Å²) in [4.78, 5) is 15.0. The van der Waals surface area contributed by atoms with Crippen LogP contribution >= 0.6 is 0 Å². The fourth-order valence-corrected chi connectivity index (χ4v) is 6.20. The lowest BCUT2D eigenvalue weighted by molar-refractivity contribution is 0.110. The van der Waals surface area contributed by atoms with Crippen LogP contribution in [-0.4, -0.2) is 75.7 Å². The van der Waals surface area contributed by atoms with Crippen LogP contribution in [0.5, 0.6) is 0 Å². The summed E-state index contributed by atoms with van der Waals surface area (Å²) in [6, 6.07) is 16.8. The van der Waals surface area contributed by atoms with Crippen LogP contribution in [0.4, 0.5) is 5.69 Å². The van der Waals surface area contributed by atoms with Crippen molar-refractivity contribution >= 4 is 16.9 Å². The van der Waals surface area contributed by atoms with Crippen molar-refractivity contribution in [2.24, 2.45) is 7.05 Å². The molecule has 208 valence electrons. The lowest BCUT2D eigenvalue weighted by Gasteiger charge is -2.40. The van der Waals surface area contributed by atoms with Crippen LogP contribution in [0.15, 0.2) is 48.7 Å². The molecular weight excluding hydrogens is 470 g/mol. The smallest absolute Gasteiger partial charge is 0.159 e. The van der Waals surface area contributed by atoms with Gasteiger partial charge in [-0.3, -0.25) is 4.90 Å². The average Bonchev–Trinajstić information content (AvgIpc) is 3.23. The first-order chi connectivity index (χ1) is 18.4. The maximum atomic E-state index is 5.14. The van der Waals surface area contributed by atoms with Crippen molar-refractivity contribution in [3.63, 3.8) is 0 Å². The monoisotopic (exact) mass is 519 g/mol. The van der Waals surface area contributed by atoms with Crippen LogP contribution in [0, 0.1) is 0 Å². The molecule has 2 fully saturated rings. The summed E-state index contributed by atoms with van der Waals surface area (Å²) in [6.07, 6.45) is 9.21. The molecule has 7 heteroatoms. The van der Waals surface area contributed by atoms with Crippen LogP contribution in [0.25, 0.3) is 11.2 Å². The third-order valence-corrected chi connectivity index (χ3v) is 8.09. The lowest BCUT2D eigenvalue weighted by Crippen LogP contribution is -2.55. The van der Waals surface area contributed by atoms with Gasteiger partial charge in [-0.15, -0.1) is 0 Å². The number of nitrogens with one attached hydrogen (secondary N) is 2. The molecule has 0 bridgehead atoms. The first kappa shape index (κ1) is 28.5. The molecule has 1 aliphatic heterocycles. The van der Waals surface area contributed by atoms with Crippen LogP contribution in [-0.2, 0) is 7.05 Å². The van der Waals surface area contributed by atoms with Gasteiger partial charge in [0, 0.05) is 44.3 Å². The molecule has 38 heavy (non-hydrogen) atoms. The van der Waals surface area contributed by atoms with Gasteiger partial charge in [-0.05, 0) is 66.1 Å². The zero-order valence-electron chi connectivity index (χ0n) is 24.4. The van der Waals surface area contributed by atoms with E-state index in [9.17, 15) is 0 Å². The Morgan fingerprint density at radius 3 is 2.16 bits per heavy atom. The van der Waals surface area contributed by atoms with Gasteiger partial charge in [0.2, 0.25) is 0 Å². The molecular formula is C31H49N7. The number of nitrogens with zero attached hydrogens (tertiary/aromatic N) is 5. The van der Waals surface area contributed by atoms with Gasteiger partial charge in [-0.2, -0.15) is 0 Å². The first-order valence-electron chi connectivity index (χ1n) is 14.6.